The van der Waals surface area contributed by atoms with Gasteiger partial charge in [-0.05, 0) is 32.0 Å². The van der Waals surface area contributed by atoms with Gasteiger partial charge in [0.05, 0.1) is 5.56 Å². The smallest absolute Gasteiger partial charge is 0.258 e. The average Bonchev–Trinajstić information content (AvgIpc) is 3.06. The quantitative estimate of drug-likeness (QED) is 0.890. The molecule has 1 aromatic rings. The molecule has 2 heterocycles. The number of benzene rings is 1. The van der Waals surface area contributed by atoms with Gasteiger partial charge in [0.25, 0.3) is 5.91 Å². The highest BCUT2D eigenvalue weighted by Crippen LogP contribution is 2.36. The molecule has 0 aliphatic carbocycles. The first kappa shape index (κ1) is 12.3. The van der Waals surface area contributed by atoms with Gasteiger partial charge in [0, 0.05) is 19.1 Å². The van der Waals surface area contributed by atoms with Crippen LogP contribution in [0.4, 0.5) is 0 Å². The van der Waals surface area contributed by atoms with Gasteiger partial charge in [-0.25, -0.2) is 0 Å². The molecule has 1 atom stereocenters. The van der Waals surface area contributed by atoms with Crippen molar-refractivity contribution in [3.05, 3.63) is 23.8 Å². The van der Waals surface area contributed by atoms with Crippen LogP contribution in [-0.2, 0) is 0 Å². The van der Waals surface area contributed by atoms with Crippen LogP contribution in [0.3, 0.4) is 0 Å². The van der Waals surface area contributed by atoms with Crippen molar-refractivity contribution in [3.63, 3.8) is 0 Å². The van der Waals surface area contributed by atoms with E-state index in [4.69, 9.17) is 9.47 Å². The number of amides is 1. The fraction of sp³-hybridized carbons (Fsp3) is 0.500. The van der Waals surface area contributed by atoms with E-state index in [0.29, 0.717) is 17.1 Å². The van der Waals surface area contributed by atoms with Crippen molar-refractivity contribution in [2.75, 3.05) is 26.9 Å². The number of nitrogens with zero attached hydrogens (tertiary/aromatic N) is 1. The number of nitrogens with one attached hydrogen (secondary N) is 1. The van der Waals surface area contributed by atoms with Crippen molar-refractivity contribution in [2.45, 2.75) is 18.9 Å². The molecule has 1 saturated heterocycles. The highest BCUT2D eigenvalue weighted by atomic mass is 16.7. The zero-order valence-corrected chi connectivity index (χ0v) is 11.0. The Morgan fingerprint density at radius 3 is 3.21 bits per heavy atom. The van der Waals surface area contributed by atoms with E-state index in [1.54, 1.807) is 0 Å². The largest absolute Gasteiger partial charge is 0.454 e. The molecule has 19 heavy (non-hydrogen) atoms. The van der Waals surface area contributed by atoms with Gasteiger partial charge < -0.3 is 19.7 Å². The Morgan fingerprint density at radius 1 is 1.47 bits per heavy atom. The monoisotopic (exact) mass is 262 g/mol. The first-order chi connectivity index (χ1) is 9.31. The summed E-state index contributed by atoms with van der Waals surface area (Å²) in [5.41, 5.74) is 0.609. The van der Waals surface area contributed by atoms with Crippen molar-refractivity contribution in [1.82, 2.24) is 10.2 Å². The maximum atomic E-state index is 12.7. The number of carbonyl (C=O) groups is 1. The fourth-order valence-corrected chi connectivity index (χ4v) is 2.80. The van der Waals surface area contributed by atoms with Crippen molar-refractivity contribution >= 4 is 5.91 Å². The topological polar surface area (TPSA) is 50.8 Å². The summed E-state index contributed by atoms with van der Waals surface area (Å²) < 4.78 is 10.7. The molecule has 0 aromatic heterocycles. The first-order valence-electron chi connectivity index (χ1n) is 6.65. The van der Waals surface area contributed by atoms with Gasteiger partial charge in [-0.1, -0.05) is 6.07 Å². The minimum atomic E-state index is 0.0418. The lowest BCUT2D eigenvalue weighted by molar-refractivity contribution is 0.0732. The zero-order chi connectivity index (χ0) is 13.2. The molecule has 5 heteroatoms. The molecule has 5 nitrogen and oxygen atoms in total. The second kappa shape index (κ2) is 5.09. The molecular formula is C14H18N2O3. The third-order valence-electron chi connectivity index (χ3n) is 3.70. The third-order valence-corrected chi connectivity index (χ3v) is 3.70. The Kier molecular flexibility index (Phi) is 3.29. The van der Waals surface area contributed by atoms with Gasteiger partial charge in [-0.15, -0.1) is 0 Å². The van der Waals surface area contributed by atoms with E-state index in [2.05, 4.69) is 5.32 Å². The first-order valence-corrected chi connectivity index (χ1v) is 6.65. The van der Waals surface area contributed by atoms with E-state index in [1.807, 2.05) is 30.1 Å². The molecule has 1 aromatic carbocycles. The highest BCUT2D eigenvalue weighted by molar-refractivity contribution is 5.98. The molecule has 2 aliphatic rings. The standard InChI is InChI=1S/C14H18N2O3/c1-15-8-10-4-3-7-16(10)14(17)11-5-2-6-12-13(11)19-9-18-12/h2,5-6,10,15H,3-4,7-9H2,1H3/t10-/m0/s1. The van der Waals surface area contributed by atoms with Crippen LogP contribution in [0.25, 0.3) is 0 Å². The molecule has 1 amide bonds. The van der Waals surface area contributed by atoms with Gasteiger partial charge >= 0.3 is 0 Å². The van der Waals surface area contributed by atoms with Crippen LogP contribution in [0.5, 0.6) is 11.5 Å². The molecule has 102 valence electrons. The summed E-state index contributed by atoms with van der Waals surface area (Å²) in [5, 5.41) is 3.15. The average molecular weight is 262 g/mol. The van der Waals surface area contributed by atoms with Gasteiger partial charge in [-0.2, -0.15) is 0 Å². The number of carbonyl (C=O) groups excluding carboxylic acids is 1. The fourth-order valence-electron chi connectivity index (χ4n) is 2.80. The Labute approximate surface area is 112 Å². The summed E-state index contributed by atoms with van der Waals surface area (Å²) in [7, 11) is 1.91. The molecule has 3 rings (SSSR count). The Balaban J connectivity index is 1.86. The molecule has 0 radical (unpaired) electrons. The number of para-hydroxylation sites is 1. The predicted molar refractivity (Wildman–Crippen MR) is 70.6 cm³/mol. The van der Waals surface area contributed by atoms with E-state index >= 15 is 0 Å². The highest BCUT2D eigenvalue weighted by Gasteiger charge is 2.32. The lowest BCUT2D eigenvalue weighted by atomic mass is 10.1. The summed E-state index contributed by atoms with van der Waals surface area (Å²) in [5.74, 6) is 1.29. The van der Waals surface area contributed by atoms with Crippen molar-refractivity contribution < 1.29 is 14.3 Å². The summed E-state index contributed by atoms with van der Waals surface area (Å²) in [6, 6.07) is 5.75. The van der Waals surface area contributed by atoms with Crippen molar-refractivity contribution in [2.24, 2.45) is 0 Å². The van der Waals surface area contributed by atoms with E-state index in [0.717, 1.165) is 25.9 Å². The van der Waals surface area contributed by atoms with Gasteiger partial charge in [0.1, 0.15) is 0 Å². The number of fused-ring (bicyclic) bond motifs is 1. The van der Waals surface area contributed by atoms with Crippen LogP contribution in [0.1, 0.15) is 23.2 Å². The van der Waals surface area contributed by atoms with Crippen LogP contribution in [0.2, 0.25) is 0 Å². The van der Waals surface area contributed by atoms with Crippen molar-refractivity contribution in [3.8, 4) is 11.5 Å². The van der Waals surface area contributed by atoms with E-state index < -0.39 is 0 Å². The maximum absolute atomic E-state index is 12.7. The summed E-state index contributed by atoms with van der Waals surface area (Å²) in [4.78, 5) is 14.6. The molecule has 2 aliphatic heterocycles. The SMILES string of the molecule is CNC[C@@H]1CCCN1C(=O)c1cccc2c1OCO2. The normalized spacial score (nSPS) is 20.9. The molecule has 1 fully saturated rings. The predicted octanol–water partition coefficient (Wildman–Crippen LogP) is 1.24. The van der Waals surface area contributed by atoms with Crippen LogP contribution in [0.15, 0.2) is 18.2 Å². The van der Waals surface area contributed by atoms with Gasteiger partial charge in [-0.3, -0.25) is 4.79 Å². The zero-order valence-electron chi connectivity index (χ0n) is 11.0. The van der Waals surface area contributed by atoms with Crippen LogP contribution in [0, 0.1) is 0 Å². The van der Waals surface area contributed by atoms with Gasteiger partial charge in [0.15, 0.2) is 11.5 Å². The van der Waals surface area contributed by atoms with Crippen LogP contribution in [-0.4, -0.2) is 43.8 Å². The van der Waals surface area contributed by atoms with Gasteiger partial charge in [0.2, 0.25) is 6.79 Å². The Bertz CT molecular complexity index is 490. The number of hydrogen-bond acceptors (Lipinski definition) is 4. The molecule has 0 bridgehead atoms. The Hall–Kier alpha value is -1.75. The van der Waals surface area contributed by atoms with Crippen molar-refractivity contribution in [1.29, 1.82) is 0 Å². The summed E-state index contributed by atoms with van der Waals surface area (Å²) >= 11 is 0. The lowest BCUT2D eigenvalue weighted by Crippen LogP contribution is -2.40. The minimum Gasteiger partial charge on any atom is -0.454 e. The van der Waals surface area contributed by atoms with Crippen LogP contribution >= 0.6 is 0 Å². The second-order valence-electron chi connectivity index (χ2n) is 4.89. The van der Waals surface area contributed by atoms with E-state index in [-0.39, 0.29) is 18.7 Å². The maximum Gasteiger partial charge on any atom is 0.258 e. The summed E-state index contributed by atoms with van der Waals surface area (Å²) in [6.07, 6.45) is 2.11. The van der Waals surface area contributed by atoms with E-state index in [9.17, 15) is 4.79 Å². The third kappa shape index (κ3) is 2.14. The number of hydrogen-bond donors (Lipinski definition) is 1. The molecule has 0 saturated carbocycles. The molecule has 0 unspecified atom stereocenters. The van der Waals surface area contributed by atoms with Crippen LogP contribution < -0.4 is 14.8 Å². The number of likely N-dealkylation sites (N-methyl/N-ethyl adjacent to an activating group) is 1. The molecular weight excluding hydrogens is 244 g/mol. The number of ether oxygens (including phenoxy) is 2. The molecule has 1 N–H and O–H groups in total. The number of rotatable bonds is 3. The molecule has 0 spiro atoms. The lowest BCUT2D eigenvalue weighted by Gasteiger charge is -2.25. The number of likely N-dealkylation sites (tertiary alicyclic amines) is 1. The minimum absolute atomic E-state index is 0.0418. The second-order valence-corrected chi connectivity index (χ2v) is 4.89. The van der Waals surface area contributed by atoms with E-state index in [1.165, 1.54) is 0 Å². The Morgan fingerprint density at radius 2 is 2.37 bits per heavy atom. The summed E-state index contributed by atoms with van der Waals surface area (Å²) in [6.45, 7) is 1.84.